The first-order chi connectivity index (χ1) is 12.6. The normalized spacial score (nSPS) is 17.1. The Balaban J connectivity index is 1.72. The van der Waals surface area contributed by atoms with Crippen molar-refractivity contribution in [2.24, 2.45) is 5.92 Å². The van der Waals surface area contributed by atoms with Crippen LogP contribution in [0, 0.1) is 12.8 Å². The second-order valence-corrected chi connectivity index (χ2v) is 6.93. The van der Waals surface area contributed by atoms with E-state index in [0.717, 1.165) is 41.7 Å². The summed E-state index contributed by atoms with van der Waals surface area (Å²) in [5, 5.41) is 3.34. The second kappa shape index (κ2) is 8.25. The number of hydrogen-bond donors (Lipinski definition) is 1. The molecule has 0 bridgehead atoms. The summed E-state index contributed by atoms with van der Waals surface area (Å²) in [5.41, 5.74) is 2.06. The lowest BCUT2D eigenvalue weighted by atomic mass is 10.0. The topological polar surface area (TPSA) is 59.5 Å². The van der Waals surface area contributed by atoms with Crippen LogP contribution in [0.15, 0.2) is 24.3 Å². The first kappa shape index (κ1) is 18.3. The van der Waals surface area contributed by atoms with Crippen LogP contribution < -0.4 is 19.7 Å². The highest BCUT2D eigenvalue weighted by Crippen LogP contribution is 2.28. The van der Waals surface area contributed by atoms with Crippen molar-refractivity contribution in [3.8, 4) is 11.5 Å². The molecule has 0 amide bonds. The van der Waals surface area contributed by atoms with E-state index in [1.165, 1.54) is 12.8 Å². The monoisotopic (exact) mass is 356 g/mol. The molecule has 1 unspecified atom stereocenters. The number of aromatic nitrogens is 2. The Morgan fingerprint density at radius 1 is 1.15 bits per heavy atom. The van der Waals surface area contributed by atoms with Gasteiger partial charge in [-0.15, -0.1) is 0 Å². The van der Waals surface area contributed by atoms with Crippen LogP contribution in [-0.2, 0) is 6.54 Å². The Morgan fingerprint density at radius 2 is 1.96 bits per heavy atom. The van der Waals surface area contributed by atoms with Gasteiger partial charge < -0.3 is 19.7 Å². The molecule has 1 fully saturated rings. The summed E-state index contributed by atoms with van der Waals surface area (Å²) in [6.45, 7) is 7.07. The Labute approximate surface area is 155 Å². The molecule has 1 aliphatic heterocycles. The van der Waals surface area contributed by atoms with Gasteiger partial charge in [0.1, 0.15) is 5.82 Å². The molecular formula is C20H28N4O2. The number of hydrogen-bond acceptors (Lipinski definition) is 6. The van der Waals surface area contributed by atoms with Crippen molar-refractivity contribution in [3.05, 3.63) is 35.5 Å². The SMILES string of the molecule is COc1ccc(CNc2nc(C)cc(N3CCCC(C)C3)n2)cc1OC. The van der Waals surface area contributed by atoms with Crippen molar-refractivity contribution in [3.63, 3.8) is 0 Å². The predicted molar refractivity (Wildman–Crippen MR) is 104 cm³/mol. The fourth-order valence-electron chi connectivity index (χ4n) is 3.36. The first-order valence-electron chi connectivity index (χ1n) is 9.14. The van der Waals surface area contributed by atoms with Gasteiger partial charge in [-0.1, -0.05) is 13.0 Å². The number of nitrogens with one attached hydrogen (secondary N) is 1. The summed E-state index contributed by atoms with van der Waals surface area (Å²) in [5.74, 6) is 3.83. The number of nitrogens with zero attached hydrogens (tertiary/aromatic N) is 3. The number of aryl methyl sites for hydroxylation is 1. The molecule has 1 aromatic heterocycles. The molecule has 0 radical (unpaired) electrons. The fraction of sp³-hybridized carbons (Fsp3) is 0.500. The van der Waals surface area contributed by atoms with Gasteiger partial charge in [-0.3, -0.25) is 0 Å². The van der Waals surface area contributed by atoms with E-state index >= 15 is 0 Å². The van der Waals surface area contributed by atoms with Crippen LogP contribution in [0.4, 0.5) is 11.8 Å². The number of benzene rings is 1. The van der Waals surface area contributed by atoms with E-state index in [9.17, 15) is 0 Å². The van der Waals surface area contributed by atoms with Crippen molar-refractivity contribution in [1.29, 1.82) is 0 Å². The van der Waals surface area contributed by atoms with Gasteiger partial charge in [0.05, 0.1) is 14.2 Å². The summed E-state index contributed by atoms with van der Waals surface area (Å²) < 4.78 is 10.7. The summed E-state index contributed by atoms with van der Waals surface area (Å²) in [4.78, 5) is 11.6. The standard InChI is InChI=1S/C20H28N4O2/c1-14-6-5-9-24(13-14)19-10-15(2)22-20(23-19)21-12-16-7-8-17(25-3)18(11-16)26-4/h7-8,10-11,14H,5-6,9,12-13H2,1-4H3,(H,21,22,23). The van der Waals surface area contributed by atoms with Crippen molar-refractivity contribution >= 4 is 11.8 Å². The van der Waals surface area contributed by atoms with E-state index < -0.39 is 0 Å². The molecule has 1 aromatic carbocycles. The number of rotatable bonds is 6. The molecular weight excluding hydrogens is 328 g/mol. The van der Waals surface area contributed by atoms with Gasteiger partial charge in [-0.25, -0.2) is 4.98 Å². The molecule has 1 aliphatic rings. The molecule has 1 saturated heterocycles. The van der Waals surface area contributed by atoms with E-state index in [-0.39, 0.29) is 0 Å². The Morgan fingerprint density at radius 3 is 2.69 bits per heavy atom. The molecule has 6 nitrogen and oxygen atoms in total. The average Bonchev–Trinajstić information content (AvgIpc) is 2.65. The molecule has 26 heavy (non-hydrogen) atoms. The smallest absolute Gasteiger partial charge is 0.225 e. The molecule has 2 heterocycles. The van der Waals surface area contributed by atoms with Crippen molar-refractivity contribution < 1.29 is 9.47 Å². The largest absolute Gasteiger partial charge is 0.493 e. The lowest BCUT2D eigenvalue weighted by Gasteiger charge is -2.32. The van der Waals surface area contributed by atoms with Crippen LogP contribution >= 0.6 is 0 Å². The van der Waals surface area contributed by atoms with Gasteiger partial charge in [0, 0.05) is 31.4 Å². The highest BCUT2D eigenvalue weighted by molar-refractivity contribution is 5.47. The van der Waals surface area contributed by atoms with Crippen LogP contribution in [0.25, 0.3) is 0 Å². The third-order valence-electron chi connectivity index (χ3n) is 4.72. The quantitative estimate of drug-likeness (QED) is 0.852. The molecule has 1 atom stereocenters. The number of piperidine rings is 1. The molecule has 2 aromatic rings. The predicted octanol–water partition coefficient (Wildman–Crippen LogP) is 3.65. The third kappa shape index (κ3) is 4.36. The van der Waals surface area contributed by atoms with E-state index in [1.54, 1.807) is 14.2 Å². The maximum absolute atomic E-state index is 5.37. The van der Waals surface area contributed by atoms with Crippen LogP contribution in [0.2, 0.25) is 0 Å². The van der Waals surface area contributed by atoms with E-state index in [0.29, 0.717) is 18.4 Å². The Kier molecular flexibility index (Phi) is 5.81. The van der Waals surface area contributed by atoms with Gasteiger partial charge in [0.15, 0.2) is 11.5 Å². The zero-order valence-electron chi connectivity index (χ0n) is 16.1. The molecule has 0 saturated carbocycles. The highest BCUT2D eigenvalue weighted by atomic mass is 16.5. The first-order valence-corrected chi connectivity index (χ1v) is 9.14. The van der Waals surface area contributed by atoms with Crippen molar-refractivity contribution in [2.75, 3.05) is 37.5 Å². The zero-order chi connectivity index (χ0) is 18.5. The molecule has 140 valence electrons. The van der Waals surface area contributed by atoms with Gasteiger partial charge in [-0.05, 0) is 43.4 Å². The van der Waals surface area contributed by atoms with Gasteiger partial charge in [0.25, 0.3) is 0 Å². The fourth-order valence-corrected chi connectivity index (χ4v) is 3.36. The lowest BCUT2D eigenvalue weighted by Crippen LogP contribution is -2.35. The minimum absolute atomic E-state index is 0.625. The number of ether oxygens (including phenoxy) is 2. The summed E-state index contributed by atoms with van der Waals surface area (Å²) in [6.07, 6.45) is 2.52. The van der Waals surface area contributed by atoms with Gasteiger partial charge >= 0.3 is 0 Å². The van der Waals surface area contributed by atoms with Crippen LogP contribution in [-0.4, -0.2) is 37.3 Å². The lowest BCUT2D eigenvalue weighted by molar-refractivity contribution is 0.354. The number of anilines is 2. The third-order valence-corrected chi connectivity index (χ3v) is 4.72. The summed E-state index contributed by atoms with van der Waals surface area (Å²) in [7, 11) is 3.28. The molecule has 3 rings (SSSR count). The maximum Gasteiger partial charge on any atom is 0.225 e. The second-order valence-electron chi connectivity index (χ2n) is 6.93. The number of methoxy groups -OCH3 is 2. The van der Waals surface area contributed by atoms with Crippen LogP contribution in [0.3, 0.4) is 0 Å². The Bertz CT molecular complexity index is 751. The minimum atomic E-state index is 0.625. The van der Waals surface area contributed by atoms with Crippen molar-refractivity contribution in [2.45, 2.75) is 33.2 Å². The minimum Gasteiger partial charge on any atom is -0.493 e. The molecule has 0 spiro atoms. The van der Waals surface area contributed by atoms with E-state index in [4.69, 9.17) is 14.5 Å². The summed E-state index contributed by atoms with van der Waals surface area (Å²) >= 11 is 0. The van der Waals surface area contributed by atoms with Crippen LogP contribution in [0.1, 0.15) is 31.0 Å². The van der Waals surface area contributed by atoms with Crippen molar-refractivity contribution in [1.82, 2.24) is 9.97 Å². The van der Waals surface area contributed by atoms with E-state index in [1.807, 2.05) is 25.1 Å². The molecule has 6 heteroatoms. The maximum atomic E-state index is 5.37. The van der Waals surface area contributed by atoms with E-state index in [2.05, 4.69) is 28.2 Å². The Hall–Kier alpha value is -2.50. The van der Waals surface area contributed by atoms with Gasteiger partial charge in [-0.2, -0.15) is 4.98 Å². The van der Waals surface area contributed by atoms with Gasteiger partial charge in [0.2, 0.25) is 5.95 Å². The zero-order valence-corrected chi connectivity index (χ0v) is 16.1. The summed E-state index contributed by atoms with van der Waals surface area (Å²) in [6, 6.07) is 7.96. The highest BCUT2D eigenvalue weighted by Gasteiger charge is 2.18. The molecule has 1 N–H and O–H groups in total. The molecule has 0 aliphatic carbocycles. The average molecular weight is 356 g/mol. The van der Waals surface area contributed by atoms with Crippen LogP contribution in [0.5, 0.6) is 11.5 Å².